The number of carbonyl (C=O) groups excluding carboxylic acids is 1. The smallest absolute Gasteiger partial charge is 0.252 e. The zero-order valence-corrected chi connectivity index (χ0v) is 15.1. The third-order valence-electron chi connectivity index (χ3n) is 4.57. The average Bonchev–Trinajstić information content (AvgIpc) is 2.77. The van der Waals surface area contributed by atoms with E-state index in [-0.39, 0.29) is 5.91 Å². The predicted octanol–water partition coefficient (Wildman–Crippen LogP) is 3.93. The lowest BCUT2D eigenvalue weighted by Crippen LogP contribution is -2.23. The van der Waals surface area contributed by atoms with Gasteiger partial charge < -0.3 is 14.8 Å². The molecule has 3 aromatic rings. The summed E-state index contributed by atoms with van der Waals surface area (Å²) in [6.07, 6.45) is 0. The van der Waals surface area contributed by atoms with Gasteiger partial charge in [0.2, 0.25) is 0 Å². The zero-order chi connectivity index (χ0) is 19.3. The summed E-state index contributed by atoms with van der Waals surface area (Å²) in [5.41, 5.74) is 3.47. The van der Waals surface area contributed by atoms with Crippen LogP contribution in [0.25, 0.3) is 11.1 Å². The van der Waals surface area contributed by atoms with Crippen LogP contribution in [0.15, 0.2) is 66.7 Å². The van der Waals surface area contributed by atoms with E-state index in [2.05, 4.69) is 11.4 Å². The molecule has 1 heterocycles. The molecule has 1 amide bonds. The van der Waals surface area contributed by atoms with E-state index in [1.807, 2.05) is 54.6 Å². The summed E-state index contributed by atoms with van der Waals surface area (Å²) in [5.74, 6) is 1.22. The quantitative estimate of drug-likeness (QED) is 0.755. The highest BCUT2D eigenvalue weighted by Gasteiger charge is 2.16. The Kier molecular flexibility index (Phi) is 4.94. The molecular weight excluding hydrogens is 352 g/mol. The number of nitrogens with zero attached hydrogens (tertiary/aromatic N) is 1. The second-order valence-electron chi connectivity index (χ2n) is 6.36. The van der Waals surface area contributed by atoms with E-state index in [9.17, 15) is 10.1 Å². The fourth-order valence-corrected chi connectivity index (χ4v) is 3.21. The number of hydrogen-bond acceptors (Lipinski definition) is 4. The fraction of sp³-hybridized carbons (Fsp3) is 0.130. The highest BCUT2D eigenvalue weighted by Crippen LogP contribution is 2.31. The van der Waals surface area contributed by atoms with Gasteiger partial charge in [0.15, 0.2) is 11.5 Å². The molecule has 138 valence electrons. The van der Waals surface area contributed by atoms with Gasteiger partial charge in [-0.2, -0.15) is 5.26 Å². The zero-order valence-electron chi connectivity index (χ0n) is 15.1. The molecule has 0 radical (unpaired) electrons. The van der Waals surface area contributed by atoms with Gasteiger partial charge in [-0.15, -0.1) is 0 Å². The number of rotatable bonds is 4. The van der Waals surface area contributed by atoms with E-state index in [0.29, 0.717) is 36.6 Å². The summed E-state index contributed by atoms with van der Waals surface area (Å²) in [6, 6.07) is 22.4. The summed E-state index contributed by atoms with van der Waals surface area (Å²) in [6.45, 7) is 1.43. The SMILES string of the molecule is N#Cc1ccccc1-c1ccccc1C(=O)NCc1ccc2c(c1)OCCO2. The molecule has 0 unspecified atom stereocenters. The molecule has 0 bridgehead atoms. The Balaban J connectivity index is 1.56. The number of nitriles is 1. The number of benzene rings is 3. The topological polar surface area (TPSA) is 71.4 Å². The van der Waals surface area contributed by atoms with Crippen LogP contribution in [-0.4, -0.2) is 19.1 Å². The lowest BCUT2D eigenvalue weighted by molar-refractivity contribution is 0.0951. The first kappa shape index (κ1) is 17.6. The van der Waals surface area contributed by atoms with E-state index < -0.39 is 0 Å². The van der Waals surface area contributed by atoms with Crippen molar-refractivity contribution < 1.29 is 14.3 Å². The van der Waals surface area contributed by atoms with Crippen LogP contribution in [0.3, 0.4) is 0 Å². The van der Waals surface area contributed by atoms with E-state index in [0.717, 1.165) is 22.4 Å². The van der Waals surface area contributed by atoms with Crippen LogP contribution in [0, 0.1) is 11.3 Å². The summed E-state index contributed by atoms with van der Waals surface area (Å²) >= 11 is 0. The molecule has 1 aliphatic rings. The molecule has 0 saturated carbocycles. The molecule has 0 fully saturated rings. The van der Waals surface area contributed by atoms with Gasteiger partial charge in [-0.05, 0) is 35.4 Å². The Hall–Kier alpha value is -3.78. The molecule has 0 spiro atoms. The van der Waals surface area contributed by atoms with Gasteiger partial charge in [0, 0.05) is 17.7 Å². The average molecular weight is 370 g/mol. The summed E-state index contributed by atoms with van der Waals surface area (Å²) < 4.78 is 11.1. The van der Waals surface area contributed by atoms with Crippen molar-refractivity contribution in [2.45, 2.75) is 6.54 Å². The van der Waals surface area contributed by atoms with E-state index >= 15 is 0 Å². The molecule has 4 rings (SSSR count). The van der Waals surface area contributed by atoms with Crippen LogP contribution in [0.1, 0.15) is 21.5 Å². The monoisotopic (exact) mass is 370 g/mol. The molecule has 0 aromatic heterocycles. The number of fused-ring (bicyclic) bond motifs is 1. The summed E-state index contributed by atoms with van der Waals surface area (Å²) in [4.78, 5) is 12.9. The van der Waals surface area contributed by atoms with Gasteiger partial charge in [-0.3, -0.25) is 4.79 Å². The highest BCUT2D eigenvalue weighted by atomic mass is 16.6. The van der Waals surface area contributed by atoms with Crippen LogP contribution in [0.5, 0.6) is 11.5 Å². The molecule has 1 aliphatic heterocycles. The molecular formula is C23H18N2O3. The number of hydrogen-bond donors (Lipinski definition) is 1. The molecule has 5 heteroatoms. The molecule has 0 aliphatic carbocycles. The first-order chi connectivity index (χ1) is 13.8. The van der Waals surface area contributed by atoms with Crippen LogP contribution < -0.4 is 14.8 Å². The highest BCUT2D eigenvalue weighted by molar-refractivity contribution is 6.01. The third-order valence-corrected chi connectivity index (χ3v) is 4.57. The van der Waals surface area contributed by atoms with Crippen molar-refractivity contribution in [2.24, 2.45) is 0 Å². The Morgan fingerprint density at radius 1 is 0.929 bits per heavy atom. The number of ether oxygens (including phenoxy) is 2. The van der Waals surface area contributed by atoms with Crippen molar-refractivity contribution in [1.29, 1.82) is 5.26 Å². The number of nitrogens with one attached hydrogen (secondary N) is 1. The van der Waals surface area contributed by atoms with Gasteiger partial charge in [-0.1, -0.05) is 42.5 Å². The lowest BCUT2D eigenvalue weighted by atomic mass is 9.95. The van der Waals surface area contributed by atoms with Gasteiger partial charge in [0.1, 0.15) is 13.2 Å². The lowest BCUT2D eigenvalue weighted by Gasteiger charge is -2.19. The first-order valence-corrected chi connectivity index (χ1v) is 9.01. The van der Waals surface area contributed by atoms with Gasteiger partial charge in [0.05, 0.1) is 11.6 Å². The van der Waals surface area contributed by atoms with Crippen LogP contribution in [0.2, 0.25) is 0 Å². The molecule has 28 heavy (non-hydrogen) atoms. The maximum atomic E-state index is 12.9. The summed E-state index contributed by atoms with van der Waals surface area (Å²) in [5, 5.41) is 12.3. The van der Waals surface area contributed by atoms with E-state index in [1.165, 1.54) is 0 Å². The van der Waals surface area contributed by atoms with Crippen molar-refractivity contribution in [2.75, 3.05) is 13.2 Å². The van der Waals surface area contributed by atoms with Gasteiger partial charge in [-0.25, -0.2) is 0 Å². The normalized spacial score (nSPS) is 12.1. The Morgan fingerprint density at radius 2 is 1.64 bits per heavy atom. The third kappa shape index (κ3) is 3.53. The maximum absolute atomic E-state index is 12.9. The van der Waals surface area contributed by atoms with Crippen molar-refractivity contribution in [3.05, 3.63) is 83.4 Å². The predicted molar refractivity (Wildman–Crippen MR) is 105 cm³/mol. The number of carbonyl (C=O) groups is 1. The van der Waals surface area contributed by atoms with Gasteiger partial charge in [0.25, 0.3) is 5.91 Å². The Morgan fingerprint density at radius 3 is 2.46 bits per heavy atom. The molecule has 3 aromatic carbocycles. The summed E-state index contributed by atoms with van der Waals surface area (Å²) in [7, 11) is 0. The van der Waals surface area contributed by atoms with E-state index in [1.54, 1.807) is 12.1 Å². The minimum absolute atomic E-state index is 0.196. The van der Waals surface area contributed by atoms with E-state index in [4.69, 9.17) is 9.47 Å². The minimum Gasteiger partial charge on any atom is -0.486 e. The molecule has 1 N–H and O–H groups in total. The van der Waals surface area contributed by atoms with Crippen LogP contribution in [-0.2, 0) is 6.54 Å². The minimum atomic E-state index is -0.196. The second kappa shape index (κ2) is 7.85. The first-order valence-electron chi connectivity index (χ1n) is 9.01. The van der Waals surface area contributed by atoms with Crippen LogP contribution in [0.4, 0.5) is 0 Å². The van der Waals surface area contributed by atoms with Crippen molar-refractivity contribution >= 4 is 5.91 Å². The largest absolute Gasteiger partial charge is 0.486 e. The fourth-order valence-electron chi connectivity index (χ4n) is 3.21. The van der Waals surface area contributed by atoms with Crippen molar-refractivity contribution in [3.63, 3.8) is 0 Å². The Bertz CT molecular complexity index is 1070. The van der Waals surface area contributed by atoms with Gasteiger partial charge >= 0.3 is 0 Å². The molecule has 0 atom stereocenters. The molecule has 0 saturated heterocycles. The van der Waals surface area contributed by atoms with Crippen LogP contribution >= 0.6 is 0 Å². The van der Waals surface area contributed by atoms with Crippen molar-refractivity contribution in [1.82, 2.24) is 5.32 Å². The Labute approximate surface area is 163 Å². The standard InChI is InChI=1S/C23H18N2O3/c24-14-17-5-1-2-6-18(17)19-7-3-4-8-20(19)23(26)25-15-16-9-10-21-22(13-16)28-12-11-27-21/h1-10,13H,11-12,15H2,(H,25,26). The maximum Gasteiger partial charge on any atom is 0.252 e. The van der Waals surface area contributed by atoms with Crippen molar-refractivity contribution in [3.8, 4) is 28.7 Å². The number of amides is 1. The second-order valence-corrected chi connectivity index (χ2v) is 6.36. The molecule has 5 nitrogen and oxygen atoms in total.